The van der Waals surface area contributed by atoms with Crippen molar-refractivity contribution in [3.63, 3.8) is 0 Å². The van der Waals surface area contributed by atoms with Gasteiger partial charge < -0.3 is 4.43 Å². The maximum absolute atomic E-state index is 6.50. The predicted molar refractivity (Wildman–Crippen MR) is 85.7 cm³/mol. The molecule has 0 aromatic carbocycles. The second-order valence-corrected chi connectivity index (χ2v) is 13.5. The number of hydrogen-bond acceptors (Lipinski definition) is 3. The molecule has 5 heteroatoms. The molecule has 1 heterocycles. The maximum atomic E-state index is 6.50. The van der Waals surface area contributed by atoms with E-state index in [-0.39, 0.29) is 0 Å². The van der Waals surface area contributed by atoms with Gasteiger partial charge in [0.1, 0.15) is 0 Å². The van der Waals surface area contributed by atoms with E-state index in [1.807, 2.05) is 6.20 Å². The third kappa shape index (κ3) is 3.44. The Bertz CT molecular complexity index is 357. The van der Waals surface area contributed by atoms with Gasteiger partial charge in [-0.05, 0) is 32.6 Å². The van der Waals surface area contributed by atoms with Crippen LogP contribution in [0, 0.1) is 0 Å². The molecule has 0 spiro atoms. The lowest BCUT2D eigenvalue weighted by atomic mass is 10.5. The Kier molecular flexibility index (Phi) is 6.02. The zero-order chi connectivity index (χ0) is 13.9. The average Bonchev–Trinajstić information content (AvgIpc) is 2.63. The van der Waals surface area contributed by atoms with E-state index in [2.05, 4.69) is 62.5 Å². The normalized spacial score (nSPS) is 13.0. The summed E-state index contributed by atoms with van der Waals surface area (Å²) in [5.74, 6) is 0. The molecule has 0 radical (unpaired) electrons. The van der Waals surface area contributed by atoms with Crippen LogP contribution in [0.15, 0.2) is 10.1 Å². The highest BCUT2D eigenvalue weighted by atomic mass is 79.9. The van der Waals surface area contributed by atoms with Crippen molar-refractivity contribution in [3.05, 3.63) is 15.0 Å². The molecule has 0 bridgehead atoms. The van der Waals surface area contributed by atoms with Crippen LogP contribution < -0.4 is 0 Å². The predicted octanol–water partition coefficient (Wildman–Crippen LogP) is 5.60. The minimum Gasteiger partial charge on any atom is -0.411 e. The van der Waals surface area contributed by atoms with E-state index in [4.69, 9.17) is 4.43 Å². The van der Waals surface area contributed by atoms with Crippen LogP contribution in [0.1, 0.15) is 46.4 Å². The molecule has 0 fully saturated rings. The minimum absolute atomic E-state index is 0.633. The fourth-order valence-electron chi connectivity index (χ4n) is 3.05. The van der Waals surface area contributed by atoms with Gasteiger partial charge in [0.15, 0.2) is 3.92 Å². The van der Waals surface area contributed by atoms with Crippen LogP contribution >= 0.6 is 27.3 Å². The smallest absolute Gasteiger partial charge is 0.200 e. The van der Waals surface area contributed by atoms with E-state index >= 15 is 0 Å². The topological polar surface area (TPSA) is 22.1 Å². The Balaban J connectivity index is 2.85. The van der Waals surface area contributed by atoms with Crippen LogP contribution in [0.5, 0.6) is 0 Å². The van der Waals surface area contributed by atoms with Gasteiger partial charge in [0.05, 0.1) is 6.61 Å². The molecule has 0 atom stereocenters. The highest BCUT2D eigenvalue weighted by molar-refractivity contribution is 9.11. The monoisotopic (exact) mass is 349 g/mol. The molecule has 0 saturated carbocycles. The summed E-state index contributed by atoms with van der Waals surface area (Å²) in [6.45, 7) is 14.6. The summed E-state index contributed by atoms with van der Waals surface area (Å²) in [7, 11) is -1.74. The molecule has 1 aromatic rings. The molecule has 0 N–H and O–H groups in total. The second kappa shape index (κ2) is 6.64. The number of hydrogen-bond donors (Lipinski definition) is 0. The maximum Gasteiger partial charge on any atom is 0.200 e. The Morgan fingerprint density at radius 3 is 2.00 bits per heavy atom. The first-order chi connectivity index (χ1) is 8.30. The van der Waals surface area contributed by atoms with Gasteiger partial charge >= 0.3 is 0 Å². The molecule has 1 rings (SSSR count). The van der Waals surface area contributed by atoms with Crippen molar-refractivity contribution >= 4 is 35.6 Å². The highest BCUT2D eigenvalue weighted by Gasteiger charge is 2.45. The molecule has 2 nitrogen and oxygen atoms in total. The van der Waals surface area contributed by atoms with Gasteiger partial charge in [-0.25, -0.2) is 4.98 Å². The summed E-state index contributed by atoms with van der Waals surface area (Å²) >= 11 is 5.07. The zero-order valence-electron chi connectivity index (χ0n) is 12.2. The first kappa shape index (κ1) is 16.3. The minimum atomic E-state index is -1.74. The Hall–Kier alpha value is 0.287. The summed E-state index contributed by atoms with van der Waals surface area (Å²) in [6, 6.07) is 0. The van der Waals surface area contributed by atoms with Crippen LogP contribution in [-0.2, 0) is 11.0 Å². The lowest BCUT2D eigenvalue weighted by molar-refractivity contribution is 0.269. The largest absolute Gasteiger partial charge is 0.411 e. The molecule has 18 heavy (non-hydrogen) atoms. The van der Waals surface area contributed by atoms with E-state index in [0.29, 0.717) is 23.2 Å². The van der Waals surface area contributed by atoms with Crippen molar-refractivity contribution < 1.29 is 4.43 Å². The molecule has 0 aliphatic rings. The Labute approximate surface area is 124 Å². The van der Waals surface area contributed by atoms with Crippen molar-refractivity contribution in [2.45, 2.75) is 64.8 Å². The first-order valence-corrected chi connectivity index (χ1v) is 10.3. The van der Waals surface area contributed by atoms with Gasteiger partial charge in [0.25, 0.3) is 0 Å². The second-order valence-electron chi connectivity index (χ2n) is 5.69. The molecule has 104 valence electrons. The quantitative estimate of drug-likeness (QED) is 0.623. The van der Waals surface area contributed by atoms with E-state index in [9.17, 15) is 0 Å². The third-order valence-corrected chi connectivity index (χ3v) is 11.2. The molecule has 0 unspecified atom stereocenters. The number of thiazole rings is 1. The summed E-state index contributed by atoms with van der Waals surface area (Å²) in [5.41, 5.74) is 1.90. The lowest BCUT2D eigenvalue weighted by Gasteiger charge is -2.42. The average molecular weight is 350 g/mol. The van der Waals surface area contributed by atoms with Gasteiger partial charge in [0.2, 0.25) is 8.32 Å². The van der Waals surface area contributed by atoms with Crippen molar-refractivity contribution in [2.75, 3.05) is 0 Å². The molecule has 0 amide bonds. The number of nitrogens with zero attached hydrogens (tertiary/aromatic N) is 1. The third-order valence-electron chi connectivity index (χ3n) is 3.70. The summed E-state index contributed by atoms with van der Waals surface area (Å²) < 4.78 is 7.44. The molecular formula is C13H24BrNOSSi. The van der Waals surface area contributed by atoms with E-state index in [1.165, 1.54) is 4.88 Å². The molecule has 1 aromatic heterocycles. The van der Waals surface area contributed by atoms with Gasteiger partial charge in [0, 0.05) is 11.1 Å². The van der Waals surface area contributed by atoms with Crippen LogP contribution in [0.3, 0.4) is 0 Å². The number of aromatic nitrogens is 1. The van der Waals surface area contributed by atoms with E-state index in [0.717, 1.165) is 3.92 Å². The SMILES string of the molecule is CC(C)[Si](OCc1cnc(Br)s1)(C(C)C)C(C)C. The fourth-order valence-corrected chi connectivity index (χ4v) is 9.83. The molecule has 0 saturated heterocycles. The zero-order valence-corrected chi connectivity index (χ0v) is 15.6. The van der Waals surface area contributed by atoms with E-state index < -0.39 is 8.32 Å². The van der Waals surface area contributed by atoms with Crippen LogP contribution in [0.25, 0.3) is 0 Å². The number of rotatable bonds is 6. The lowest BCUT2D eigenvalue weighted by Crippen LogP contribution is -2.47. The van der Waals surface area contributed by atoms with Gasteiger partial charge in [-0.1, -0.05) is 41.5 Å². The fraction of sp³-hybridized carbons (Fsp3) is 0.769. The molecule has 0 aliphatic heterocycles. The Morgan fingerprint density at radius 2 is 1.67 bits per heavy atom. The van der Waals surface area contributed by atoms with Crippen molar-refractivity contribution in [2.24, 2.45) is 0 Å². The summed E-state index contributed by atoms with van der Waals surface area (Å²) in [5, 5.41) is 0. The van der Waals surface area contributed by atoms with Gasteiger partial charge in [-0.15, -0.1) is 11.3 Å². The van der Waals surface area contributed by atoms with Crippen LogP contribution in [-0.4, -0.2) is 13.3 Å². The molecular weight excluding hydrogens is 326 g/mol. The van der Waals surface area contributed by atoms with Crippen molar-refractivity contribution in [3.8, 4) is 0 Å². The Morgan fingerprint density at radius 1 is 1.17 bits per heavy atom. The summed E-state index contributed by atoms with van der Waals surface area (Å²) in [6.07, 6.45) is 1.91. The standard InChI is InChI=1S/C13H24BrNOSSi/c1-9(2)18(10(3)4,11(5)6)16-8-12-7-15-13(14)17-12/h7,9-11H,8H2,1-6H3. The summed E-state index contributed by atoms with van der Waals surface area (Å²) in [4.78, 5) is 5.43. The first-order valence-electron chi connectivity index (χ1n) is 6.54. The molecule has 0 aliphatic carbocycles. The van der Waals surface area contributed by atoms with Crippen molar-refractivity contribution in [1.82, 2.24) is 4.98 Å². The van der Waals surface area contributed by atoms with Gasteiger partial charge in [-0.2, -0.15) is 0 Å². The van der Waals surface area contributed by atoms with Gasteiger partial charge in [-0.3, -0.25) is 0 Å². The van der Waals surface area contributed by atoms with E-state index in [1.54, 1.807) is 11.3 Å². The van der Waals surface area contributed by atoms with Crippen molar-refractivity contribution in [1.29, 1.82) is 0 Å². The highest BCUT2D eigenvalue weighted by Crippen LogP contribution is 2.42. The van der Waals surface area contributed by atoms with Crippen LogP contribution in [0.4, 0.5) is 0 Å². The van der Waals surface area contributed by atoms with Crippen LogP contribution in [0.2, 0.25) is 16.6 Å². The number of halogens is 1.